The molecular weight excluding hydrogens is 459 g/mol. The van der Waals surface area contributed by atoms with Crippen molar-refractivity contribution in [2.45, 2.75) is 19.1 Å². The Morgan fingerprint density at radius 1 is 0.818 bits per heavy atom. The lowest BCUT2D eigenvalue weighted by molar-refractivity contribution is 0.0705. The van der Waals surface area contributed by atoms with Gasteiger partial charge in [0.1, 0.15) is 18.5 Å². The molecule has 1 atom stereocenters. The van der Waals surface area contributed by atoms with Crippen molar-refractivity contribution in [1.29, 1.82) is 0 Å². The second-order valence-electron chi connectivity index (χ2n) is 8.61. The number of ether oxygens (including phenoxy) is 1. The molecule has 2 fully saturated rings. The summed E-state index contributed by atoms with van der Waals surface area (Å²) in [4.78, 5) is 7.26. The number of nitrogens with zero attached hydrogens (tertiary/aromatic N) is 3. The Hall–Kier alpha value is -1.54. The molecule has 8 heteroatoms. The summed E-state index contributed by atoms with van der Waals surface area (Å²) in [6.07, 6.45) is 0.626. The van der Waals surface area contributed by atoms with Crippen LogP contribution in [0.2, 0.25) is 0 Å². The number of nitrogens with one attached hydrogen (secondary N) is 1. The smallest absolute Gasteiger partial charge is 0.119 e. The van der Waals surface area contributed by atoms with E-state index in [1.807, 2.05) is 12.1 Å². The molecule has 1 unspecified atom stereocenters. The van der Waals surface area contributed by atoms with Crippen LogP contribution in [0.5, 0.6) is 5.75 Å². The fourth-order valence-corrected chi connectivity index (χ4v) is 4.41. The number of hydrogen-bond acceptors (Lipinski definition) is 6. The zero-order valence-electron chi connectivity index (χ0n) is 19.3. The molecule has 6 nitrogen and oxygen atoms in total. The first-order valence-electron chi connectivity index (χ1n) is 11.6. The molecule has 2 saturated heterocycles. The molecule has 0 aromatic heterocycles. The van der Waals surface area contributed by atoms with Crippen molar-refractivity contribution >= 4 is 30.5 Å². The minimum atomic E-state index is -0.483. The number of halogens is 2. The molecule has 0 aliphatic carbocycles. The molecule has 184 valence electrons. The van der Waals surface area contributed by atoms with E-state index in [0.717, 1.165) is 71.1 Å². The lowest BCUT2D eigenvalue weighted by Crippen LogP contribution is -2.42. The van der Waals surface area contributed by atoms with Crippen LogP contribution in [-0.2, 0) is 6.54 Å². The first-order chi connectivity index (χ1) is 15.3. The summed E-state index contributed by atoms with van der Waals surface area (Å²) in [6, 6.07) is 18.9. The highest BCUT2D eigenvalue weighted by molar-refractivity contribution is 5.85. The van der Waals surface area contributed by atoms with E-state index in [1.165, 1.54) is 11.3 Å². The van der Waals surface area contributed by atoms with Gasteiger partial charge < -0.3 is 20.1 Å². The maximum Gasteiger partial charge on any atom is 0.119 e. The average Bonchev–Trinajstić information content (AvgIpc) is 3.05. The second kappa shape index (κ2) is 14.7. The lowest BCUT2D eigenvalue weighted by Gasteiger charge is -2.27. The van der Waals surface area contributed by atoms with E-state index in [1.54, 1.807) is 0 Å². The molecule has 2 aliphatic rings. The van der Waals surface area contributed by atoms with E-state index in [9.17, 15) is 5.11 Å². The summed E-state index contributed by atoms with van der Waals surface area (Å²) in [5.41, 5.74) is 2.59. The van der Waals surface area contributed by atoms with Crippen LogP contribution in [0.3, 0.4) is 0 Å². The van der Waals surface area contributed by atoms with Gasteiger partial charge in [0.05, 0.1) is 0 Å². The lowest BCUT2D eigenvalue weighted by atomic mass is 10.2. The van der Waals surface area contributed by atoms with Crippen LogP contribution in [0.15, 0.2) is 54.6 Å². The molecule has 2 aromatic rings. The summed E-state index contributed by atoms with van der Waals surface area (Å²) >= 11 is 0. The quantitative estimate of drug-likeness (QED) is 0.585. The number of benzene rings is 2. The largest absolute Gasteiger partial charge is 0.491 e. The van der Waals surface area contributed by atoms with E-state index in [2.05, 4.69) is 62.5 Å². The third kappa shape index (κ3) is 8.96. The zero-order valence-corrected chi connectivity index (χ0v) is 20.9. The minimum absolute atomic E-state index is 0. The Labute approximate surface area is 210 Å². The summed E-state index contributed by atoms with van der Waals surface area (Å²) < 4.78 is 5.87. The van der Waals surface area contributed by atoms with E-state index in [0.29, 0.717) is 13.2 Å². The number of rotatable bonds is 8. The Bertz CT molecular complexity index is 776. The van der Waals surface area contributed by atoms with Crippen molar-refractivity contribution in [2.24, 2.45) is 0 Å². The van der Waals surface area contributed by atoms with Gasteiger partial charge in [-0.25, -0.2) is 0 Å². The Morgan fingerprint density at radius 2 is 1.55 bits per heavy atom. The number of aliphatic hydroxyl groups excluding tert-OH is 1. The van der Waals surface area contributed by atoms with Gasteiger partial charge in [0.25, 0.3) is 0 Å². The van der Waals surface area contributed by atoms with Crippen LogP contribution in [0.1, 0.15) is 12.0 Å². The van der Waals surface area contributed by atoms with Gasteiger partial charge in [-0.05, 0) is 42.8 Å². The van der Waals surface area contributed by atoms with Crippen LogP contribution in [0.25, 0.3) is 0 Å². The molecule has 2 aromatic carbocycles. The molecule has 2 N–H and O–H groups in total. The van der Waals surface area contributed by atoms with Crippen molar-refractivity contribution in [3.8, 4) is 5.75 Å². The number of aliphatic hydroxyl groups is 1. The summed E-state index contributed by atoms with van der Waals surface area (Å²) in [7, 11) is 0. The van der Waals surface area contributed by atoms with Crippen molar-refractivity contribution in [3.05, 3.63) is 60.2 Å². The summed E-state index contributed by atoms with van der Waals surface area (Å²) in [5, 5.41) is 13.9. The average molecular weight is 498 g/mol. The normalized spacial score (nSPS) is 18.5. The fourth-order valence-electron chi connectivity index (χ4n) is 4.41. The van der Waals surface area contributed by atoms with Crippen molar-refractivity contribution in [3.63, 3.8) is 0 Å². The van der Waals surface area contributed by atoms with Crippen LogP contribution in [-0.4, -0.2) is 86.5 Å². The van der Waals surface area contributed by atoms with Crippen LogP contribution >= 0.6 is 24.8 Å². The van der Waals surface area contributed by atoms with Crippen LogP contribution < -0.4 is 15.0 Å². The van der Waals surface area contributed by atoms with Crippen molar-refractivity contribution in [2.75, 3.05) is 70.4 Å². The molecule has 0 bridgehead atoms. The van der Waals surface area contributed by atoms with Gasteiger partial charge in [-0.2, -0.15) is 0 Å². The molecule has 2 heterocycles. The molecule has 0 radical (unpaired) electrons. The van der Waals surface area contributed by atoms with Gasteiger partial charge in [0.15, 0.2) is 0 Å². The van der Waals surface area contributed by atoms with E-state index >= 15 is 0 Å². The number of β-amino-alcohol motifs (C(OH)–C–C–N with tert-alkyl or cyclic N) is 1. The van der Waals surface area contributed by atoms with Gasteiger partial charge in [-0.3, -0.25) is 9.80 Å². The SMILES string of the molecule is Cl.Cl.OC(COc1ccc(CN2CCNCC2)cc1)CN1CCCN(c2ccccc2)CC1. The van der Waals surface area contributed by atoms with Gasteiger partial charge in [-0.15, -0.1) is 24.8 Å². The van der Waals surface area contributed by atoms with Gasteiger partial charge in [0.2, 0.25) is 0 Å². The molecular formula is C25H38Cl2N4O2. The van der Waals surface area contributed by atoms with E-state index < -0.39 is 6.10 Å². The highest BCUT2D eigenvalue weighted by atomic mass is 35.5. The Morgan fingerprint density at radius 3 is 2.27 bits per heavy atom. The van der Waals surface area contributed by atoms with E-state index in [-0.39, 0.29) is 24.8 Å². The maximum absolute atomic E-state index is 10.5. The molecule has 0 spiro atoms. The first-order valence-corrected chi connectivity index (χ1v) is 11.6. The number of anilines is 1. The highest BCUT2D eigenvalue weighted by Crippen LogP contribution is 2.17. The van der Waals surface area contributed by atoms with Crippen LogP contribution in [0.4, 0.5) is 5.69 Å². The highest BCUT2D eigenvalue weighted by Gasteiger charge is 2.18. The van der Waals surface area contributed by atoms with Crippen molar-refractivity contribution < 1.29 is 9.84 Å². The molecule has 0 amide bonds. The van der Waals surface area contributed by atoms with Gasteiger partial charge >= 0.3 is 0 Å². The molecule has 2 aliphatic heterocycles. The van der Waals surface area contributed by atoms with Gasteiger partial charge in [-0.1, -0.05) is 30.3 Å². The molecule has 0 saturated carbocycles. The minimum Gasteiger partial charge on any atom is -0.491 e. The topological polar surface area (TPSA) is 51.2 Å². The van der Waals surface area contributed by atoms with E-state index in [4.69, 9.17) is 4.74 Å². The van der Waals surface area contributed by atoms with Crippen LogP contribution in [0, 0.1) is 0 Å². The third-order valence-electron chi connectivity index (χ3n) is 6.16. The number of piperazine rings is 1. The monoisotopic (exact) mass is 496 g/mol. The zero-order chi connectivity index (χ0) is 21.3. The summed E-state index contributed by atoms with van der Waals surface area (Å²) in [6.45, 7) is 10.3. The number of para-hydroxylation sites is 1. The molecule has 4 rings (SSSR count). The number of hydrogen-bond donors (Lipinski definition) is 2. The predicted octanol–water partition coefficient (Wildman–Crippen LogP) is 2.89. The summed E-state index contributed by atoms with van der Waals surface area (Å²) in [5.74, 6) is 0.828. The van der Waals surface area contributed by atoms with Gasteiger partial charge in [0, 0.05) is 64.6 Å². The Balaban J connectivity index is 0.00000193. The predicted molar refractivity (Wildman–Crippen MR) is 140 cm³/mol. The maximum atomic E-state index is 10.5. The molecule has 33 heavy (non-hydrogen) atoms. The van der Waals surface area contributed by atoms with Crippen molar-refractivity contribution in [1.82, 2.24) is 15.1 Å². The fraction of sp³-hybridized carbons (Fsp3) is 0.520. The Kier molecular flexibility index (Phi) is 12.3. The first kappa shape index (κ1) is 27.7. The standard InChI is InChI=1S/C25H36N4O2.2ClH/c30-24(20-27-13-4-14-29(18-17-27)23-5-2-1-3-6-23)21-31-25-9-7-22(8-10-25)19-28-15-11-26-12-16-28;;/h1-3,5-10,24,26,30H,4,11-21H2;2*1H. The second-order valence-corrected chi connectivity index (χ2v) is 8.61. The third-order valence-corrected chi connectivity index (χ3v) is 6.16.